The maximum Gasteiger partial charge on any atom is 0.0515 e. The second-order valence-electron chi connectivity index (χ2n) is 5.36. The summed E-state index contributed by atoms with van der Waals surface area (Å²) in [6, 6.07) is 0. The molecule has 0 saturated heterocycles. The van der Waals surface area contributed by atoms with Gasteiger partial charge in [0.25, 0.3) is 0 Å². The lowest BCUT2D eigenvalue weighted by atomic mass is 9.84. The van der Waals surface area contributed by atoms with E-state index in [1.807, 2.05) is 11.8 Å². The van der Waals surface area contributed by atoms with E-state index >= 15 is 0 Å². The normalized spacial score (nSPS) is 34.7. The number of nitrogens with two attached hydrogens (primary N) is 1. The molecule has 13 heavy (non-hydrogen) atoms. The van der Waals surface area contributed by atoms with Crippen LogP contribution in [0.5, 0.6) is 0 Å². The zero-order valence-corrected chi connectivity index (χ0v) is 9.95. The van der Waals surface area contributed by atoms with Gasteiger partial charge in [-0.05, 0) is 17.3 Å². The van der Waals surface area contributed by atoms with Crippen LogP contribution in [0.25, 0.3) is 0 Å². The predicted molar refractivity (Wildman–Crippen MR) is 61.8 cm³/mol. The van der Waals surface area contributed by atoms with E-state index in [2.05, 4.69) is 39.8 Å². The standard InChI is InChI=1S/C11H21NS/c1-10(2)5-6-11(3,4)8-13-9(12)7-10/h5-6,9H,7-8,12H2,1-4H3/b6-5-. The zero-order valence-electron chi connectivity index (χ0n) is 9.13. The van der Waals surface area contributed by atoms with Gasteiger partial charge in [-0.2, -0.15) is 0 Å². The van der Waals surface area contributed by atoms with E-state index < -0.39 is 0 Å². The minimum Gasteiger partial charge on any atom is -0.319 e. The molecule has 0 fully saturated rings. The van der Waals surface area contributed by atoms with Crippen LogP contribution in [0.1, 0.15) is 34.1 Å². The van der Waals surface area contributed by atoms with Crippen molar-refractivity contribution in [1.82, 2.24) is 0 Å². The lowest BCUT2D eigenvalue weighted by Crippen LogP contribution is -2.29. The molecule has 0 aromatic carbocycles. The van der Waals surface area contributed by atoms with E-state index in [1.165, 1.54) is 0 Å². The summed E-state index contributed by atoms with van der Waals surface area (Å²) in [5.41, 5.74) is 6.58. The number of allylic oxidation sites excluding steroid dienone is 2. The van der Waals surface area contributed by atoms with E-state index in [0.29, 0.717) is 10.8 Å². The SMILES string of the molecule is CC1(C)/C=C\C(C)(C)CC(N)SC1. The van der Waals surface area contributed by atoms with Crippen LogP contribution >= 0.6 is 11.8 Å². The van der Waals surface area contributed by atoms with Gasteiger partial charge in [0.2, 0.25) is 0 Å². The Morgan fingerprint density at radius 3 is 2.31 bits per heavy atom. The first-order chi connectivity index (χ1) is 5.81. The van der Waals surface area contributed by atoms with Crippen LogP contribution in [0.2, 0.25) is 0 Å². The summed E-state index contributed by atoms with van der Waals surface area (Å²) >= 11 is 1.89. The van der Waals surface area contributed by atoms with Crippen LogP contribution in [-0.2, 0) is 0 Å². The van der Waals surface area contributed by atoms with Crippen molar-refractivity contribution in [2.45, 2.75) is 39.5 Å². The van der Waals surface area contributed by atoms with Gasteiger partial charge in [-0.25, -0.2) is 0 Å². The summed E-state index contributed by atoms with van der Waals surface area (Å²) in [6.07, 6.45) is 5.74. The average Bonchev–Trinajstić information content (AvgIpc) is 1.96. The first-order valence-corrected chi connectivity index (χ1v) is 5.93. The molecule has 0 radical (unpaired) electrons. The van der Waals surface area contributed by atoms with Crippen molar-refractivity contribution in [1.29, 1.82) is 0 Å². The number of rotatable bonds is 0. The zero-order chi connectivity index (χ0) is 10.1. The van der Waals surface area contributed by atoms with Crippen molar-refractivity contribution < 1.29 is 0 Å². The van der Waals surface area contributed by atoms with Crippen LogP contribution in [0.3, 0.4) is 0 Å². The molecular weight excluding hydrogens is 178 g/mol. The Balaban J connectivity index is 2.80. The van der Waals surface area contributed by atoms with E-state index in [0.717, 1.165) is 12.2 Å². The van der Waals surface area contributed by atoms with Gasteiger partial charge in [0, 0.05) is 5.75 Å². The number of thioether (sulfide) groups is 1. The van der Waals surface area contributed by atoms with Crippen LogP contribution in [0.15, 0.2) is 12.2 Å². The molecule has 1 aliphatic heterocycles. The largest absolute Gasteiger partial charge is 0.319 e. The second-order valence-corrected chi connectivity index (χ2v) is 6.59. The number of hydrogen-bond acceptors (Lipinski definition) is 2. The molecular formula is C11H21NS. The highest BCUT2D eigenvalue weighted by Crippen LogP contribution is 2.35. The van der Waals surface area contributed by atoms with E-state index in [9.17, 15) is 0 Å². The summed E-state index contributed by atoms with van der Waals surface area (Å²) in [5, 5.41) is 0.291. The fourth-order valence-electron chi connectivity index (χ4n) is 1.47. The quantitative estimate of drug-likeness (QED) is 0.607. The molecule has 0 saturated carbocycles. The fraction of sp³-hybridized carbons (Fsp3) is 0.818. The highest BCUT2D eigenvalue weighted by Gasteiger charge is 2.25. The van der Waals surface area contributed by atoms with Crippen LogP contribution < -0.4 is 5.73 Å². The Hall–Kier alpha value is 0.0500. The van der Waals surface area contributed by atoms with Gasteiger partial charge in [0.1, 0.15) is 0 Å². The lowest BCUT2D eigenvalue weighted by Gasteiger charge is -2.31. The molecule has 0 aromatic rings. The Kier molecular flexibility index (Phi) is 3.13. The van der Waals surface area contributed by atoms with E-state index in [-0.39, 0.29) is 5.41 Å². The molecule has 1 atom stereocenters. The maximum absolute atomic E-state index is 6.03. The Morgan fingerprint density at radius 2 is 1.69 bits per heavy atom. The van der Waals surface area contributed by atoms with Crippen molar-refractivity contribution in [3.05, 3.63) is 12.2 Å². The highest BCUT2D eigenvalue weighted by molar-refractivity contribution is 7.99. The van der Waals surface area contributed by atoms with Gasteiger partial charge < -0.3 is 5.73 Å². The molecule has 1 aliphatic rings. The first kappa shape index (κ1) is 11.1. The van der Waals surface area contributed by atoms with Gasteiger partial charge in [-0.3, -0.25) is 0 Å². The minimum atomic E-state index is 0.254. The van der Waals surface area contributed by atoms with Crippen molar-refractivity contribution >= 4 is 11.8 Å². The first-order valence-electron chi connectivity index (χ1n) is 4.88. The maximum atomic E-state index is 6.03. The van der Waals surface area contributed by atoms with E-state index in [4.69, 9.17) is 5.73 Å². The third-order valence-electron chi connectivity index (χ3n) is 2.38. The van der Waals surface area contributed by atoms with Crippen LogP contribution in [0.4, 0.5) is 0 Å². The topological polar surface area (TPSA) is 26.0 Å². The van der Waals surface area contributed by atoms with E-state index in [1.54, 1.807) is 0 Å². The average molecular weight is 199 g/mol. The molecule has 76 valence electrons. The van der Waals surface area contributed by atoms with Gasteiger partial charge in [0.05, 0.1) is 5.37 Å². The van der Waals surface area contributed by atoms with Crippen molar-refractivity contribution in [2.24, 2.45) is 16.6 Å². The lowest BCUT2D eigenvalue weighted by molar-refractivity contribution is 0.416. The second kappa shape index (κ2) is 3.66. The summed E-state index contributed by atoms with van der Waals surface area (Å²) in [7, 11) is 0. The minimum absolute atomic E-state index is 0.254. The summed E-state index contributed by atoms with van der Waals surface area (Å²) in [4.78, 5) is 0. The smallest absolute Gasteiger partial charge is 0.0515 e. The van der Waals surface area contributed by atoms with Gasteiger partial charge in [-0.1, -0.05) is 39.8 Å². The Morgan fingerprint density at radius 1 is 1.15 bits per heavy atom. The van der Waals surface area contributed by atoms with Crippen LogP contribution in [0, 0.1) is 10.8 Å². The Labute approximate surface area is 86.2 Å². The fourth-order valence-corrected chi connectivity index (χ4v) is 2.75. The summed E-state index contributed by atoms with van der Waals surface area (Å²) in [5.74, 6) is 1.13. The molecule has 2 heteroatoms. The Bertz CT molecular complexity index is 206. The molecule has 0 bridgehead atoms. The van der Waals surface area contributed by atoms with Gasteiger partial charge >= 0.3 is 0 Å². The summed E-state index contributed by atoms with van der Waals surface area (Å²) < 4.78 is 0. The molecule has 1 nitrogen and oxygen atoms in total. The van der Waals surface area contributed by atoms with Gasteiger partial charge in [0.15, 0.2) is 0 Å². The molecule has 0 aromatic heterocycles. The molecule has 0 spiro atoms. The molecule has 2 N–H and O–H groups in total. The third kappa shape index (κ3) is 3.74. The summed E-state index contributed by atoms with van der Waals surface area (Å²) in [6.45, 7) is 9.05. The molecule has 1 rings (SSSR count). The van der Waals surface area contributed by atoms with Gasteiger partial charge in [-0.15, -0.1) is 11.8 Å². The van der Waals surface area contributed by atoms with Crippen molar-refractivity contribution in [3.63, 3.8) is 0 Å². The van der Waals surface area contributed by atoms with Crippen LogP contribution in [-0.4, -0.2) is 11.1 Å². The predicted octanol–water partition coefficient (Wildman–Crippen LogP) is 3.02. The number of hydrogen-bond donors (Lipinski definition) is 1. The highest BCUT2D eigenvalue weighted by atomic mass is 32.2. The molecule has 0 aliphatic carbocycles. The van der Waals surface area contributed by atoms with Crippen molar-refractivity contribution in [2.75, 3.05) is 5.75 Å². The third-order valence-corrected chi connectivity index (χ3v) is 3.89. The van der Waals surface area contributed by atoms with Crippen molar-refractivity contribution in [3.8, 4) is 0 Å². The molecule has 1 heterocycles. The molecule has 1 unspecified atom stereocenters. The monoisotopic (exact) mass is 199 g/mol. The molecule has 0 amide bonds.